The highest BCUT2D eigenvalue weighted by molar-refractivity contribution is 5.92. The van der Waals surface area contributed by atoms with E-state index in [-0.39, 0.29) is 17.0 Å². The summed E-state index contributed by atoms with van der Waals surface area (Å²) in [5.74, 6) is -0.255. The van der Waals surface area contributed by atoms with Crippen LogP contribution < -0.4 is 10.5 Å². The summed E-state index contributed by atoms with van der Waals surface area (Å²) < 4.78 is 16.1. The fourth-order valence-corrected chi connectivity index (χ4v) is 2.73. The normalized spacial score (nSPS) is 17.2. The first-order chi connectivity index (χ1) is 11.6. The van der Waals surface area contributed by atoms with Gasteiger partial charge in [-0.05, 0) is 13.0 Å². The molecule has 1 atom stereocenters. The average molecular weight is 328 g/mol. The van der Waals surface area contributed by atoms with E-state index in [1.54, 1.807) is 6.07 Å². The molecule has 0 bridgehead atoms. The lowest BCUT2D eigenvalue weighted by atomic mass is 9.82. The molecule has 24 heavy (non-hydrogen) atoms. The van der Waals surface area contributed by atoms with Crippen molar-refractivity contribution in [2.45, 2.75) is 26.2 Å². The number of para-hydroxylation sites is 1. The number of methoxy groups -OCH3 is 1. The number of nitrogens with zero attached hydrogens (tertiary/aromatic N) is 1. The Morgan fingerprint density at radius 3 is 2.67 bits per heavy atom. The van der Waals surface area contributed by atoms with Crippen molar-refractivity contribution in [3.63, 3.8) is 0 Å². The zero-order valence-corrected chi connectivity index (χ0v) is 14.0. The van der Waals surface area contributed by atoms with Gasteiger partial charge in [-0.25, -0.2) is 4.79 Å². The van der Waals surface area contributed by atoms with E-state index in [1.807, 2.05) is 32.0 Å². The third-order valence-corrected chi connectivity index (χ3v) is 3.75. The quantitative estimate of drug-likeness (QED) is 0.835. The maximum absolute atomic E-state index is 12.4. The predicted molar refractivity (Wildman–Crippen MR) is 87.6 cm³/mol. The third kappa shape index (κ3) is 3.06. The van der Waals surface area contributed by atoms with Crippen molar-refractivity contribution < 1.29 is 19.0 Å². The summed E-state index contributed by atoms with van der Waals surface area (Å²) in [6.45, 7) is 4.17. The Morgan fingerprint density at radius 2 is 2.08 bits per heavy atom. The minimum Gasteiger partial charge on any atom is -0.494 e. The Balaban J connectivity index is 2.72. The first kappa shape index (κ1) is 17.4. The molecular weight excluding hydrogens is 308 g/mol. The molecule has 0 aromatic heterocycles. The van der Waals surface area contributed by atoms with E-state index in [2.05, 4.69) is 6.07 Å². The second kappa shape index (κ2) is 7.55. The van der Waals surface area contributed by atoms with Crippen LogP contribution in [0.5, 0.6) is 5.75 Å². The zero-order valence-electron chi connectivity index (χ0n) is 14.0. The molecular formula is C18H20N2O4. The van der Waals surface area contributed by atoms with Crippen molar-refractivity contribution >= 4 is 5.97 Å². The molecule has 6 heteroatoms. The summed E-state index contributed by atoms with van der Waals surface area (Å²) in [4.78, 5) is 12.4. The van der Waals surface area contributed by atoms with Gasteiger partial charge in [0, 0.05) is 12.0 Å². The molecule has 1 aliphatic heterocycles. The standard InChI is InChI=1S/C18H20N2O4/c1-4-13-16(18(21)22-3)15(12(10-19)17(20)24-13)11-8-6-7-9-14(11)23-5-2/h6-9,15H,4-5,20H2,1-3H3/t15-/m1/s1. The van der Waals surface area contributed by atoms with E-state index in [9.17, 15) is 10.1 Å². The molecule has 0 fully saturated rings. The molecule has 0 saturated carbocycles. The predicted octanol–water partition coefficient (Wildman–Crippen LogP) is 2.73. The van der Waals surface area contributed by atoms with E-state index in [1.165, 1.54) is 7.11 Å². The number of allylic oxidation sites excluding steroid dienone is 2. The van der Waals surface area contributed by atoms with Gasteiger partial charge < -0.3 is 19.9 Å². The Labute approximate surface area is 141 Å². The molecule has 0 amide bonds. The number of nitriles is 1. The van der Waals surface area contributed by atoms with Crippen molar-refractivity contribution in [2.24, 2.45) is 5.73 Å². The molecule has 0 unspecified atom stereocenters. The molecule has 6 nitrogen and oxygen atoms in total. The number of hydrogen-bond donors (Lipinski definition) is 1. The molecule has 1 aromatic rings. The summed E-state index contributed by atoms with van der Waals surface area (Å²) in [6.07, 6.45) is 0.442. The van der Waals surface area contributed by atoms with Gasteiger partial charge in [-0.3, -0.25) is 0 Å². The fourth-order valence-electron chi connectivity index (χ4n) is 2.73. The molecule has 0 radical (unpaired) electrons. The van der Waals surface area contributed by atoms with Crippen molar-refractivity contribution in [2.75, 3.05) is 13.7 Å². The smallest absolute Gasteiger partial charge is 0.338 e. The Hall–Kier alpha value is -2.94. The van der Waals surface area contributed by atoms with Gasteiger partial charge in [0.15, 0.2) is 0 Å². The Kier molecular flexibility index (Phi) is 5.48. The highest BCUT2D eigenvalue weighted by atomic mass is 16.5. The molecule has 2 N–H and O–H groups in total. The Morgan fingerprint density at radius 1 is 1.38 bits per heavy atom. The summed E-state index contributed by atoms with van der Waals surface area (Å²) >= 11 is 0. The second-order valence-corrected chi connectivity index (χ2v) is 5.08. The van der Waals surface area contributed by atoms with Crippen molar-refractivity contribution in [1.82, 2.24) is 0 Å². The summed E-state index contributed by atoms with van der Waals surface area (Å²) in [5.41, 5.74) is 7.04. The number of rotatable bonds is 5. The van der Waals surface area contributed by atoms with Crippen LogP contribution in [-0.4, -0.2) is 19.7 Å². The second-order valence-electron chi connectivity index (χ2n) is 5.08. The van der Waals surface area contributed by atoms with Gasteiger partial charge in [0.2, 0.25) is 5.88 Å². The first-order valence-electron chi connectivity index (χ1n) is 7.69. The van der Waals surface area contributed by atoms with Crippen LogP contribution in [0.3, 0.4) is 0 Å². The van der Waals surface area contributed by atoms with Gasteiger partial charge in [-0.1, -0.05) is 25.1 Å². The van der Waals surface area contributed by atoms with E-state index >= 15 is 0 Å². The molecule has 0 spiro atoms. The molecule has 1 aromatic carbocycles. The van der Waals surface area contributed by atoms with Gasteiger partial charge in [0.25, 0.3) is 0 Å². The number of ether oxygens (including phenoxy) is 3. The highest BCUT2D eigenvalue weighted by Gasteiger charge is 2.38. The van der Waals surface area contributed by atoms with E-state index in [0.717, 1.165) is 0 Å². The molecule has 2 rings (SSSR count). The molecule has 1 heterocycles. The lowest BCUT2D eigenvalue weighted by Crippen LogP contribution is -2.26. The largest absolute Gasteiger partial charge is 0.494 e. The lowest BCUT2D eigenvalue weighted by Gasteiger charge is -2.28. The zero-order chi connectivity index (χ0) is 17.7. The fraction of sp³-hybridized carbons (Fsp3) is 0.333. The van der Waals surface area contributed by atoms with E-state index < -0.39 is 11.9 Å². The van der Waals surface area contributed by atoms with Gasteiger partial charge in [-0.15, -0.1) is 0 Å². The van der Waals surface area contributed by atoms with Crippen LogP contribution >= 0.6 is 0 Å². The lowest BCUT2D eigenvalue weighted by molar-refractivity contribution is -0.136. The highest BCUT2D eigenvalue weighted by Crippen LogP contribution is 2.43. The van der Waals surface area contributed by atoms with Crippen LogP contribution in [0.4, 0.5) is 0 Å². The van der Waals surface area contributed by atoms with E-state index in [4.69, 9.17) is 19.9 Å². The van der Waals surface area contributed by atoms with Crippen LogP contribution in [0, 0.1) is 11.3 Å². The molecule has 126 valence electrons. The first-order valence-corrected chi connectivity index (χ1v) is 7.69. The number of carbonyl (C=O) groups excluding carboxylic acids is 1. The van der Waals surface area contributed by atoms with Crippen LogP contribution in [0.1, 0.15) is 31.7 Å². The number of esters is 1. The van der Waals surface area contributed by atoms with Crippen LogP contribution in [-0.2, 0) is 14.3 Å². The van der Waals surface area contributed by atoms with Crippen LogP contribution in [0.25, 0.3) is 0 Å². The van der Waals surface area contributed by atoms with Gasteiger partial charge >= 0.3 is 5.97 Å². The van der Waals surface area contributed by atoms with Crippen molar-refractivity contribution in [3.05, 3.63) is 52.6 Å². The molecule has 0 aliphatic carbocycles. The van der Waals surface area contributed by atoms with E-state index in [0.29, 0.717) is 30.1 Å². The van der Waals surface area contributed by atoms with Gasteiger partial charge in [0.1, 0.15) is 23.2 Å². The summed E-state index contributed by atoms with van der Waals surface area (Å²) in [7, 11) is 1.29. The number of hydrogen-bond acceptors (Lipinski definition) is 6. The minimum atomic E-state index is -0.686. The van der Waals surface area contributed by atoms with Crippen molar-refractivity contribution in [3.8, 4) is 11.8 Å². The Bertz CT molecular complexity index is 744. The minimum absolute atomic E-state index is 0.00157. The van der Waals surface area contributed by atoms with Gasteiger partial charge in [-0.2, -0.15) is 5.26 Å². The monoisotopic (exact) mass is 328 g/mol. The summed E-state index contributed by atoms with van der Waals surface area (Å²) in [6, 6.07) is 9.30. The van der Waals surface area contributed by atoms with Gasteiger partial charge in [0.05, 0.1) is 25.2 Å². The number of benzene rings is 1. The topological polar surface area (TPSA) is 94.6 Å². The number of carbonyl (C=O) groups is 1. The molecule has 0 saturated heterocycles. The maximum Gasteiger partial charge on any atom is 0.338 e. The molecule has 1 aliphatic rings. The van der Waals surface area contributed by atoms with Crippen LogP contribution in [0.15, 0.2) is 47.1 Å². The summed E-state index contributed by atoms with van der Waals surface area (Å²) in [5, 5.41) is 9.56. The average Bonchev–Trinajstić information content (AvgIpc) is 2.60. The SMILES string of the molecule is CCOc1ccccc1[C@@H]1C(C#N)=C(N)OC(CC)=C1C(=O)OC. The number of nitrogens with two attached hydrogens (primary N) is 1. The van der Waals surface area contributed by atoms with Crippen molar-refractivity contribution in [1.29, 1.82) is 5.26 Å². The van der Waals surface area contributed by atoms with Crippen LogP contribution in [0.2, 0.25) is 0 Å². The third-order valence-electron chi connectivity index (χ3n) is 3.75. The maximum atomic E-state index is 12.4.